The fourth-order valence-corrected chi connectivity index (χ4v) is 3.05. The minimum Gasteiger partial charge on any atom is -0.292 e. The quantitative estimate of drug-likeness (QED) is 0.669. The molecule has 0 aliphatic heterocycles. The maximum Gasteiger partial charge on any atom is 0.186 e. The number of fused-ring (bicyclic) bond motifs is 1. The highest BCUT2D eigenvalue weighted by atomic mass is 16.1. The van der Waals surface area contributed by atoms with Crippen LogP contribution in [0.3, 0.4) is 0 Å². The zero-order valence-corrected chi connectivity index (χ0v) is 15.7. The van der Waals surface area contributed by atoms with E-state index in [9.17, 15) is 4.79 Å². The van der Waals surface area contributed by atoms with Crippen LogP contribution in [0.15, 0.2) is 24.7 Å². The van der Waals surface area contributed by atoms with E-state index in [1.165, 1.54) is 0 Å². The van der Waals surface area contributed by atoms with Gasteiger partial charge in [-0.25, -0.2) is 9.97 Å². The lowest BCUT2D eigenvalue weighted by Gasteiger charge is -2.18. The molecule has 0 N–H and O–H groups in total. The van der Waals surface area contributed by atoms with Crippen LogP contribution in [0.1, 0.15) is 49.9 Å². The predicted molar refractivity (Wildman–Crippen MR) is 99.8 cm³/mol. The van der Waals surface area contributed by atoms with Crippen molar-refractivity contribution < 1.29 is 4.79 Å². The van der Waals surface area contributed by atoms with Crippen molar-refractivity contribution in [3.8, 4) is 11.3 Å². The number of ketones is 1. The van der Waals surface area contributed by atoms with Crippen LogP contribution < -0.4 is 0 Å². The summed E-state index contributed by atoms with van der Waals surface area (Å²) in [6, 6.07) is 1.95. The number of rotatable bonds is 4. The summed E-state index contributed by atoms with van der Waals surface area (Å²) in [4.78, 5) is 25.8. The van der Waals surface area contributed by atoms with Gasteiger partial charge in [-0.15, -0.1) is 0 Å². The van der Waals surface area contributed by atoms with Gasteiger partial charge in [0.1, 0.15) is 11.5 Å². The third-order valence-electron chi connectivity index (χ3n) is 4.52. The van der Waals surface area contributed by atoms with Crippen LogP contribution >= 0.6 is 0 Å². The van der Waals surface area contributed by atoms with Gasteiger partial charge >= 0.3 is 0 Å². The molecule has 134 valence electrons. The summed E-state index contributed by atoms with van der Waals surface area (Å²) in [5.74, 6) is 1.01. The second-order valence-corrected chi connectivity index (χ2v) is 8.31. The molecule has 26 heavy (non-hydrogen) atoms. The number of Topliss-reactive ketones (excluding diaryl/α,β-unsaturated/α-hetero) is 1. The number of hydrogen-bond acceptors (Lipinski definition) is 5. The maximum absolute atomic E-state index is 12.8. The minimum atomic E-state index is 0.0579. The molecule has 0 radical (unpaired) electrons. The average Bonchev–Trinajstić information content (AvgIpc) is 3.37. The molecule has 3 heterocycles. The Morgan fingerprint density at radius 2 is 1.85 bits per heavy atom. The Hall–Kier alpha value is -2.63. The summed E-state index contributed by atoms with van der Waals surface area (Å²) in [5, 5.41) is 5.55. The van der Waals surface area contributed by atoms with Crippen LogP contribution in [0.4, 0.5) is 0 Å². The number of nitrogens with zero attached hydrogens (tertiary/aromatic N) is 5. The van der Waals surface area contributed by atoms with Gasteiger partial charge in [-0.05, 0) is 31.2 Å². The van der Waals surface area contributed by atoms with E-state index in [1.807, 2.05) is 23.9 Å². The fourth-order valence-electron chi connectivity index (χ4n) is 3.05. The van der Waals surface area contributed by atoms with Crippen molar-refractivity contribution in [1.82, 2.24) is 24.7 Å². The first-order valence-corrected chi connectivity index (χ1v) is 9.02. The van der Waals surface area contributed by atoms with E-state index in [2.05, 4.69) is 40.8 Å². The van der Waals surface area contributed by atoms with Crippen LogP contribution in [-0.2, 0) is 6.54 Å². The lowest BCUT2D eigenvalue weighted by molar-refractivity contribution is 0.0963. The normalized spacial score (nSPS) is 14.8. The Morgan fingerprint density at radius 3 is 2.46 bits per heavy atom. The van der Waals surface area contributed by atoms with E-state index in [1.54, 1.807) is 12.4 Å². The summed E-state index contributed by atoms with van der Waals surface area (Å²) in [6.45, 7) is 9.07. The number of pyridine rings is 1. The summed E-state index contributed by atoms with van der Waals surface area (Å²) in [6.07, 6.45) is 7.27. The number of hydrogen-bond donors (Lipinski definition) is 0. The minimum absolute atomic E-state index is 0.0579. The van der Waals surface area contributed by atoms with E-state index in [0.717, 1.165) is 47.4 Å². The van der Waals surface area contributed by atoms with Crippen molar-refractivity contribution in [2.75, 3.05) is 0 Å². The molecule has 6 nitrogen and oxygen atoms in total. The third-order valence-corrected chi connectivity index (χ3v) is 4.52. The summed E-state index contributed by atoms with van der Waals surface area (Å²) < 4.78 is 1.92. The molecule has 0 amide bonds. The van der Waals surface area contributed by atoms with Gasteiger partial charge in [-0.2, -0.15) is 5.10 Å². The number of carbonyl (C=O) groups is 1. The highest BCUT2D eigenvalue weighted by molar-refractivity contribution is 6.08. The number of aromatic nitrogens is 5. The molecule has 0 bridgehead atoms. The smallest absolute Gasteiger partial charge is 0.186 e. The summed E-state index contributed by atoms with van der Waals surface area (Å²) in [5.41, 5.74) is 3.13. The highest BCUT2D eigenvalue weighted by Crippen LogP contribution is 2.35. The molecular weight excluding hydrogens is 326 g/mol. The monoisotopic (exact) mass is 349 g/mol. The van der Waals surface area contributed by atoms with Gasteiger partial charge in [0.25, 0.3) is 0 Å². The van der Waals surface area contributed by atoms with Crippen LogP contribution in [0.2, 0.25) is 0 Å². The Labute approximate surface area is 152 Å². The van der Waals surface area contributed by atoms with E-state index in [-0.39, 0.29) is 17.1 Å². The molecule has 4 rings (SSSR count). The SMILES string of the molecule is Cc1ncc(-c2cc3c(C(=O)C4CC4)nn(CC(C)(C)C)c3cn2)cn1. The van der Waals surface area contributed by atoms with Crippen molar-refractivity contribution in [3.05, 3.63) is 36.2 Å². The molecular formula is C20H23N5O. The summed E-state index contributed by atoms with van der Waals surface area (Å²) in [7, 11) is 0. The zero-order valence-electron chi connectivity index (χ0n) is 15.7. The Bertz CT molecular complexity index is 978. The van der Waals surface area contributed by atoms with Crippen molar-refractivity contribution in [1.29, 1.82) is 0 Å². The van der Waals surface area contributed by atoms with Gasteiger partial charge < -0.3 is 0 Å². The number of aryl methyl sites for hydroxylation is 1. The first-order valence-electron chi connectivity index (χ1n) is 9.02. The fraction of sp³-hybridized carbons (Fsp3) is 0.450. The van der Waals surface area contributed by atoms with E-state index >= 15 is 0 Å². The Morgan fingerprint density at radius 1 is 1.15 bits per heavy atom. The van der Waals surface area contributed by atoms with Crippen LogP contribution in [0.5, 0.6) is 0 Å². The van der Waals surface area contributed by atoms with E-state index in [0.29, 0.717) is 5.69 Å². The third kappa shape index (κ3) is 3.23. The second-order valence-electron chi connectivity index (χ2n) is 8.31. The van der Waals surface area contributed by atoms with Crippen molar-refractivity contribution in [3.63, 3.8) is 0 Å². The topological polar surface area (TPSA) is 73.6 Å². The van der Waals surface area contributed by atoms with Crippen molar-refractivity contribution >= 4 is 16.7 Å². The maximum atomic E-state index is 12.8. The van der Waals surface area contributed by atoms with Gasteiger partial charge in [-0.3, -0.25) is 14.5 Å². The Balaban J connectivity index is 1.85. The zero-order chi connectivity index (χ0) is 18.5. The predicted octanol–water partition coefficient (Wildman–Crippen LogP) is 3.84. The van der Waals surface area contributed by atoms with Crippen molar-refractivity contribution in [2.24, 2.45) is 11.3 Å². The molecule has 3 aromatic rings. The van der Waals surface area contributed by atoms with Crippen molar-refractivity contribution in [2.45, 2.75) is 47.1 Å². The molecule has 0 unspecified atom stereocenters. The molecule has 6 heteroatoms. The average molecular weight is 349 g/mol. The second kappa shape index (κ2) is 5.97. The van der Waals surface area contributed by atoms with Crippen LogP contribution in [0, 0.1) is 18.3 Å². The summed E-state index contributed by atoms with van der Waals surface area (Å²) >= 11 is 0. The molecule has 1 aliphatic carbocycles. The molecule has 0 saturated heterocycles. The van der Waals surface area contributed by atoms with Gasteiger partial charge in [-0.1, -0.05) is 20.8 Å². The van der Waals surface area contributed by atoms with Gasteiger partial charge in [0.15, 0.2) is 5.78 Å². The van der Waals surface area contributed by atoms with E-state index < -0.39 is 0 Å². The largest absolute Gasteiger partial charge is 0.292 e. The first-order chi connectivity index (χ1) is 12.3. The standard InChI is InChI=1S/C20H23N5O/c1-12-21-8-14(9-22-12)16-7-15-17(10-23-16)25(11-20(2,3)4)24-18(15)19(26)13-5-6-13/h7-10,13H,5-6,11H2,1-4H3. The molecule has 3 aromatic heterocycles. The molecule has 0 atom stereocenters. The van der Waals surface area contributed by atoms with Gasteiger partial charge in [0, 0.05) is 35.8 Å². The van der Waals surface area contributed by atoms with E-state index in [4.69, 9.17) is 0 Å². The molecule has 0 aromatic carbocycles. The molecule has 1 saturated carbocycles. The molecule has 1 fully saturated rings. The lowest BCUT2D eigenvalue weighted by Crippen LogP contribution is -2.17. The number of carbonyl (C=O) groups excluding carboxylic acids is 1. The highest BCUT2D eigenvalue weighted by Gasteiger charge is 2.34. The lowest BCUT2D eigenvalue weighted by atomic mass is 9.97. The van der Waals surface area contributed by atoms with Crippen LogP contribution in [-0.4, -0.2) is 30.5 Å². The molecule has 1 aliphatic rings. The molecule has 0 spiro atoms. The van der Waals surface area contributed by atoms with Crippen LogP contribution in [0.25, 0.3) is 22.2 Å². The first kappa shape index (κ1) is 16.8. The Kier molecular flexibility index (Phi) is 3.86. The van der Waals surface area contributed by atoms with Gasteiger partial charge in [0.2, 0.25) is 0 Å². The van der Waals surface area contributed by atoms with Gasteiger partial charge in [0.05, 0.1) is 17.4 Å².